The molecule has 9 heteroatoms. The lowest BCUT2D eigenvalue weighted by atomic mass is 10.1. The molecule has 2 aromatic carbocycles. The number of pyridine rings is 1. The highest BCUT2D eigenvalue weighted by atomic mass is 32.2. The van der Waals surface area contributed by atoms with E-state index in [-0.39, 0.29) is 22.3 Å². The maximum absolute atomic E-state index is 12.8. The molecule has 3 rings (SSSR count). The van der Waals surface area contributed by atoms with Crippen molar-refractivity contribution in [3.8, 4) is 11.5 Å². The van der Waals surface area contributed by atoms with E-state index in [1.54, 1.807) is 12.4 Å². The second-order valence-corrected chi connectivity index (χ2v) is 9.69. The van der Waals surface area contributed by atoms with Crippen LogP contribution in [0, 0.1) is 0 Å². The summed E-state index contributed by atoms with van der Waals surface area (Å²) in [6.45, 7) is 2.26. The number of hydrogen-bond donors (Lipinski definition) is 1. The number of rotatable bonds is 9. The number of aromatic nitrogens is 1. The summed E-state index contributed by atoms with van der Waals surface area (Å²) >= 11 is 0. The lowest BCUT2D eigenvalue weighted by molar-refractivity contribution is 0.0939. The molecule has 0 fully saturated rings. The third-order valence-corrected chi connectivity index (χ3v) is 6.88. The molecule has 0 radical (unpaired) electrons. The molecule has 1 aromatic heterocycles. The van der Waals surface area contributed by atoms with Gasteiger partial charge >= 0.3 is 0 Å². The molecular formula is C24H27N3O5S. The lowest BCUT2D eigenvalue weighted by Crippen LogP contribution is -2.27. The number of methoxy groups -OCH3 is 1. The summed E-state index contributed by atoms with van der Waals surface area (Å²) in [5.41, 5.74) is 2.07. The number of ether oxygens (including phenoxy) is 2. The highest BCUT2D eigenvalue weighted by molar-refractivity contribution is 7.89. The minimum Gasteiger partial charge on any atom is -0.495 e. The minimum absolute atomic E-state index is 0.0644. The van der Waals surface area contributed by atoms with Crippen molar-refractivity contribution in [3.63, 3.8) is 0 Å². The van der Waals surface area contributed by atoms with Crippen molar-refractivity contribution in [2.75, 3.05) is 21.2 Å². The fraction of sp³-hybridized carbons (Fsp3) is 0.250. The number of carbonyl (C=O) groups excluding carboxylic acids is 1. The molecule has 33 heavy (non-hydrogen) atoms. The molecule has 8 nitrogen and oxygen atoms in total. The summed E-state index contributed by atoms with van der Waals surface area (Å²) in [7, 11) is 0.457. The SMILES string of the molecule is COc1ccc(C(=O)NC(C)c2ccc(OCc3cccnc3)cc2)cc1S(=O)(=O)N(C)C. The number of hydrogen-bond acceptors (Lipinski definition) is 6. The van der Waals surface area contributed by atoms with Gasteiger partial charge in [-0.2, -0.15) is 0 Å². The van der Waals surface area contributed by atoms with Gasteiger partial charge in [0.25, 0.3) is 5.91 Å². The highest BCUT2D eigenvalue weighted by Gasteiger charge is 2.24. The number of benzene rings is 2. The average molecular weight is 470 g/mol. The summed E-state index contributed by atoms with van der Waals surface area (Å²) in [6.07, 6.45) is 3.46. The van der Waals surface area contributed by atoms with E-state index in [0.717, 1.165) is 15.4 Å². The largest absolute Gasteiger partial charge is 0.495 e. The van der Waals surface area contributed by atoms with Crippen molar-refractivity contribution in [2.24, 2.45) is 0 Å². The third kappa shape index (κ3) is 5.88. The summed E-state index contributed by atoms with van der Waals surface area (Å²) in [4.78, 5) is 16.8. The first-order valence-corrected chi connectivity index (χ1v) is 11.7. The quantitative estimate of drug-likeness (QED) is 0.516. The molecule has 174 valence electrons. The van der Waals surface area contributed by atoms with Crippen LogP contribution in [0.1, 0.15) is 34.5 Å². The summed E-state index contributed by atoms with van der Waals surface area (Å²) < 4.78 is 37.2. The Hall–Kier alpha value is -3.43. The predicted molar refractivity (Wildman–Crippen MR) is 125 cm³/mol. The van der Waals surface area contributed by atoms with Crippen LogP contribution in [0.25, 0.3) is 0 Å². The van der Waals surface area contributed by atoms with Crippen molar-refractivity contribution < 1.29 is 22.7 Å². The summed E-state index contributed by atoms with van der Waals surface area (Å²) in [5, 5.41) is 2.90. The Kier molecular flexibility index (Phi) is 7.67. The molecule has 0 aliphatic rings. The van der Waals surface area contributed by atoms with Crippen LogP contribution in [-0.2, 0) is 16.6 Å². The number of nitrogens with zero attached hydrogens (tertiary/aromatic N) is 2. The topological polar surface area (TPSA) is 97.8 Å². The van der Waals surface area contributed by atoms with Gasteiger partial charge in [-0.3, -0.25) is 9.78 Å². The molecular weight excluding hydrogens is 442 g/mol. The molecule has 1 amide bonds. The fourth-order valence-corrected chi connectivity index (χ4v) is 4.16. The van der Waals surface area contributed by atoms with Crippen molar-refractivity contribution in [1.29, 1.82) is 0 Å². The van der Waals surface area contributed by atoms with Gasteiger partial charge in [0.2, 0.25) is 10.0 Å². The van der Waals surface area contributed by atoms with Crippen molar-refractivity contribution in [3.05, 3.63) is 83.7 Å². The van der Waals surface area contributed by atoms with Crippen LogP contribution in [0.3, 0.4) is 0 Å². The lowest BCUT2D eigenvalue weighted by Gasteiger charge is -2.17. The number of carbonyl (C=O) groups is 1. The Morgan fingerprint density at radius 3 is 2.45 bits per heavy atom. The van der Waals surface area contributed by atoms with E-state index in [9.17, 15) is 13.2 Å². The van der Waals surface area contributed by atoms with Gasteiger partial charge in [0.05, 0.1) is 13.2 Å². The zero-order chi connectivity index (χ0) is 24.0. The van der Waals surface area contributed by atoms with Gasteiger partial charge in [-0.25, -0.2) is 12.7 Å². The Bertz CT molecular complexity index is 1200. The van der Waals surface area contributed by atoms with Crippen LogP contribution in [0.15, 0.2) is 71.9 Å². The smallest absolute Gasteiger partial charge is 0.251 e. The van der Waals surface area contributed by atoms with Crippen molar-refractivity contribution in [1.82, 2.24) is 14.6 Å². The third-order valence-electron chi connectivity index (χ3n) is 5.04. The maximum atomic E-state index is 12.8. The van der Waals surface area contributed by atoms with Crippen LogP contribution >= 0.6 is 0 Å². The maximum Gasteiger partial charge on any atom is 0.251 e. The second-order valence-electron chi connectivity index (χ2n) is 7.57. The van der Waals surface area contributed by atoms with E-state index in [0.29, 0.717) is 12.4 Å². The molecule has 1 unspecified atom stereocenters. The monoisotopic (exact) mass is 469 g/mol. The first-order valence-electron chi connectivity index (χ1n) is 10.3. The van der Waals surface area contributed by atoms with Crippen LogP contribution < -0.4 is 14.8 Å². The standard InChI is InChI=1S/C24H27N3O5S/c1-17(19-7-10-21(11-8-19)32-16-18-6-5-13-25-15-18)26-24(28)20-9-12-22(31-4)23(14-20)33(29,30)27(2)3/h5-15,17H,16H2,1-4H3,(H,26,28). The molecule has 0 saturated carbocycles. The number of nitrogens with one attached hydrogen (secondary N) is 1. The van der Waals surface area contributed by atoms with E-state index in [1.165, 1.54) is 39.4 Å². The summed E-state index contributed by atoms with van der Waals surface area (Å²) in [5.74, 6) is 0.488. The number of sulfonamides is 1. The first-order chi connectivity index (χ1) is 15.7. The first kappa shape index (κ1) is 24.2. The highest BCUT2D eigenvalue weighted by Crippen LogP contribution is 2.27. The van der Waals surface area contributed by atoms with Crippen LogP contribution in [0.2, 0.25) is 0 Å². The molecule has 1 heterocycles. The van der Waals surface area contributed by atoms with Gasteiger partial charge in [-0.1, -0.05) is 18.2 Å². The molecule has 3 aromatic rings. The molecule has 0 spiro atoms. The predicted octanol–water partition coefficient (Wildman–Crippen LogP) is 3.41. The molecule has 0 aliphatic heterocycles. The second kappa shape index (κ2) is 10.5. The van der Waals surface area contributed by atoms with E-state index >= 15 is 0 Å². The van der Waals surface area contributed by atoms with Gasteiger partial charge < -0.3 is 14.8 Å². The molecule has 0 aliphatic carbocycles. The van der Waals surface area contributed by atoms with Crippen LogP contribution in [0.4, 0.5) is 0 Å². The zero-order valence-corrected chi connectivity index (χ0v) is 19.8. The van der Waals surface area contributed by atoms with Crippen LogP contribution in [-0.4, -0.2) is 44.8 Å². The van der Waals surface area contributed by atoms with Gasteiger partial charge in [-0.05, 0) is 48.9 Å². The van der Waals surface area contributed by atoms with Crippen molar-refractivity contribution >= 4 is 15.9 Å². The van der Waals surface area contributed by atoms with E-state index in [1.807, 2.05) is 43.3 Å². The molecule has 0 bridgehead atoms. The zero-order valence-electron chi connectivity index (χ0n) is 19.0. The fourth-order valence-electron chi connectivity index (χ4n) is 3.08. The Balaban J connectivity index is 1.69. The van der Waals surface area contributed by atoms with Gasteiger partial charge in [0.1, 0.15) is 23.0 Å². The molecule has 1 N–H and O–H groups in total. The Morgan fingerprint density at radius 2 is 1.85 bits per heavy atom. The van der Waals surface area contributed by atoms with E-state index in [4.69, 9.17) is 9.47 Å². The van der Waals surface area contributed by atoms with E-state index in [2.05, 4.69) is 10.3 Å². The normalized spacial score (nSPS) is 12.3. The molecule has 1 atom stereocenters. The molecule has 0 saturated heterocycles. The Labute approximate surface area is 194 Å². The minimum atomic E-state index is -3.78. The van der Waals surface area contributed by atoms with Gasteiger partial charge in [-0.15, -0.1) is 0 Å². The van der Waals surface area contributed by atoms with Gasteiger partial charge in [0, 0.05) is 37.6 Å². The summed E-state index contributed by atoms with van der Waals surface area (Å²) in [6, 6.07) is 15.2. The average Bonchev–Trinajstić information content (AvgIpc) is 2.83. The Morgan fingerprint density at radius 1 is 1.12 bits per heavy atom. The van der Waals surface area contributed by atoms with Gasteiger partial charge in [0.15, 0.2) is 0 Å². The number of amides is 1. The van der Waals surface area contributed by atoms with Crippen molar-refractivity contribution in [2.45, 2.75) is 24.5 Å². The van der Waals surface area contributed by atoms with E-state index < -0.39 is 15.9 Å². The van der Waals surface area contributed by atoms with Crippen LogP contribution in [0.5, 0.6) is 11.5 Å².